The van der Waals surface area contributed by atoms with Gasteiger partial charge in [-0.05, 0) is 25.0 Å². The molecule has 3 rings (SSSR count). The number of anilines is 2. The van der Waals surface area contributed by atoms with E-state index in [0.717, 1.165) is 21.5 Å². The first-order valence-electron chi connectivity index (χ1n) is 6.19. The minimum absolute atomic E-state index is 0.0983. The van der Waals surface area contributed by atoms with E-state index in [1.807, 2.05) is 18.2 Å². The molecular weight excluding hydrogens is 260 g/mol. The summed E-state index contributed by atoms with van der Waals surface area (Å²) < 4.78 is 0. The number of hydrogen-bond acceptors (Lipinski definition) is 5. The number of aromatic nitrogens is 2. The summed E-state index contributed by atoms with van der Waals surface area (Å²) in [6.45, 7) is 1.50. The topological polar surface area (TPSA) is 66.9 Å². The predicted octanol–water partition coefficient (Wildman–Crippen LogP) is 2.74. The Morgan fingerprint density at radius 3 is 2.89 bits per heavy atom. The van der Waals surface area contributed by atoms with Crippen molar-refractivity contribution in [3.05, 3.63) is 24.4 Å². The standard InChI is InChI=1S/C13H14N4OS/c1-8(18)15-12-11(10-4-2-3-7-14-10)17-13(19-12)16-9-5-6-9/h2-4,7,9H,5-6H2,1H3,(H,15,18)(H,16,17). The van der Waals surface area contributed by atoms with E-state index in [0.29, 0.717) is 6.04 Å². The number of nitrogens with zero attached hydrogens (tertiary/aromatic N) is 2. The fourth-order valence-electron chi connectivity index (χ4n) is 1.71. The summed E-state index contributed by atoms with van der Waals surface area (Å²) in [6.07, 6.45) is 4.10. The lowest BCUT2D eigenvalue weighted by atomic mass is 10.3. The molecule has 5 nitrogen and oxygen atoms in total. The van der Waals surface area contributed by atoms with Crippen LogP contribution in [0.4, 0.5) is 10.1 Å². The van der Waals surface area contributed by atoms with Crippen LogP contribution in [-0.4, -0.2) is 21.9 Å². The van der Waals surface area contributed by atoms with Gasteiger partial charge in [0.1, 0.15) is 10.7 Å². The van der Waals surface area contributed by atoms with Crippen molar-refractivity contribution in [1.29, 1.82) is 0 Å². The number of carbonyl (C=O) groups excluding carboxylic acids is 1. The molecule has 2 N–H and O–H groups in total. The second-order valence-corrected chi connectivity index (χ2v) is 5.51. The van der Waals surface area contributed by atoms with Crippen LogP contribution in [0, 0.1) is 0 Å². The first-order chi connectivity index (χ1) is 9.22. The number of thiazole rings is 1. The van der Waals surface area contributed by atoms with E-state index in [4.69, 9.17) is 0 Å². The molecule has 1 amide bonds. The average Bonchev–Trinajstić information content (AvgIpc) is 3.11. The molecule has 0 saturated heterocycles. The highest BCUT2D eigenvalue weighted by Crippen LogP contribution is 2.37. The average molecular weight is 274 g/mol. The van der Waals surface area contributed by atoms with Crippen molar-refractivity contribution in [2.24, 2.45) is 0 Å². The van der Waals surface area contributed by atoms with Crippen molar-refractivity contribution in [1.82, 2.24) is 9.97 Å². The molecular formula is C13H14N4OS. The van der Waals surface area contributed by atoms with Crippen molar-refractivity contribution < 1.29 is 4.79 Å². The molecule has 0 aliphatic heterocycles. The van der Waals surface area contributed by atoms with Crippen LogP contribution in [0.25, 0.3) is 11.4 Å². The molecule has 1 fully saturated rings. The third kappa shape index (κ3) is 2.90. The minimum Gasteiger partial charge on any atom is -0.359 e. The number of amides is 1. The molecule has 2 aromatic heterocycles. The summed E-state index contributed by atoms with van der Waals surface area (Å²) in [5.74, 6) is -0.0983. The normalized spacial score (nSPS) is 14.2. The Kier molecular flexibility index (Phi) is 3.16. The van der Waals surface area contributed by atoms with Crippen LogP contribution in [-0.2, 0) is 4.79 Å². The second-order valence-electron chi connectivity index (χ2n) is 4.51. The van der Waals surface area contributed by atoms with Gasteiger partial charge in [-0.2, -0.15) is 0 Å². The number of rotatable bonds is 4. The van der Waals surface area contributed by atoms with Crippen LogP contribution in [0.1, 0.15) is 19.8 Å². The van der Waals surface area contributed by atoms with Crippen LogP contribution in [0.15, 0.2) is 24.4 Å². The molecule has 2 aromatic rings. The summed E-state index contributed by atoms with van der Waals surface area (Å²) >= 11 is 1.46. The molecule has 19 heavy (non-hydrogen) atoms. The van der Waals surface area contributed by atoms with Gasteiger partial charge in [-0.1, -0.05) is 17.4 Å². The largest absolute Gasteiger partial charge is 0.359 e. The monoisotopic (exact) mass is 274 g/mol. The van der Waals surface area contributed by atoms with E-state index < -0.39 is 0 Å². The highest BCUT2D eigenvalue weighted by molar-refractivity contribution is 7.20. The fraction of sp³-hybridized carbons (Fsp3) is 0.308. The summed E-state index contributed by atoms with van der Waals surface area (Å²) in [6, 6.07) is 6.19. The number of carbonyl (C=O) groups is 1. The van der Waals surface area contributed by atoms with Gasteiger partial charge in [0, 0.05) is 19.2 Å². The van der Waals surface area contributed by atoms with Gasteiger partial charge in [0.05, 0.1) is 5.69 Å². The molecule has 0 atom stereocenters. The zero-order valence-electron chi connectivity index (χ0n) is 10.5. The first kappa shape index (κ1) is 12.1. The van der Waals surface area contributed by atoms with Crippen molar-refractivity contribution in [2.75, 3.05) is 10.6 Å². The molecule has 0 bridgehead atoms. The van der Waals surface area contributed by atoms with Gasteiger partial charge in [0.25, 0.3) is 0 Å². The molecule has 2 heterocycles. The van der Waals surface area contributed by atoms with Gasteiger partial charge >= 0.3 is 0 Å². The second kappa shape index (κ2) is 4.97. The summed E-state index contributed by atoms with van der Waals surface area (Å²) in [5.41, 5.74) is 1.50. The van der Waals surface area contributed by atoms with Crippen LogP contribution in [0.5, 0.6) is 0 Å². The van der Waals surface area contributed by atoms with Crippen molar-refractivity contribution >= 4 is 27.4 Å². The Morgan fingerprint density at radius 2 is 2.26 bits per heavy atom. The van der Waals surface area contributed by atoms with Crippen LogP contribution < -0.4 is 10.6 Å². The number of nitrogens with one attached hydrogen (secondary N) is 2. The highest BCUT2D eigenvalue weighted by Gasteiger charge is 2.23. The van der Waals surface area contributed by atoms with Crippen molar-refractivity contribution in [2.45, 2.75) is 25.8 Å². The molecule has 1 aliphatic rings. The van der Waals surface area contributed by atoms with Crippen molar-refractivity contribution in [3.8, 4) is 11.4 Å². The summed E-state index contributed by atoms with van der Waals surface area (Å²) in [7, 11) is 0. The van der Waals surface area contributed by atoms with Gasteiger partial charge in [-0.15, -0.1) is 0 Å². The zero-order valence-corrected chi connectivity index (χ0v) is 11.3. The summed E-state index contributed by atoms with van der Waals surface area (Å²) in [5, 5.41) is 7.76. The van der Waals surface area contributed by atoms with Gasteiger partial charge < -0.3 is 10.6 Å². The van der Waals surface area contributed by atoms with Gasteiger partial charge in [0.2, 0.25) is 5.91 Å². The van der Waals surface area contributed by atoms with Crippen LogP contribution in [0.2, 0.25) is 0 Å². The highest BCUT2D eigenvalue weighted by atomic mass is 32.1. The fourth-order valence-corrected chi connectivity index (χ4v) is 2.70. The van der Waals surface area contributed by atoms with E-state index in [-0.39, 0.29) is 5.91 Å². The van der Waals surface area contributed by atoms with E-state index in [1.54, 1.807) is 6.20 Å². The molecule has 0 spiro atoms. The lowest BCUT2D eigenvalue weighted by Crippen LogP contribution is -2.05. The quantitative estimate of drug-likeness (QED) is 0.899. The molecule has 6 heteroatoms. The molecule has 0 unspecified atom stereocenters. The minimum atomic E-state index is -0.0983. The maximum absolute atomic E-state index is 11.3. The SMILES string of the molecule is CC(=O)Nc1sc(NC2CC2)nc1-c1ccccn1. The molecule has 98 valence electrons. The Labute approximate surface area is 115 Å². The van der Waals surface area contributed by atoms with E-state index >= 15 is 0 Å². The van der Waals surface area contributed by atoms with E-state index in [9.17, 15) is 4.79 Å². The maximum atomic E-state index is 11.3. The summed E-state index contributed by atoms with van der Waals surface area (Å²) in [4.78, 5) is 20.1. The van der Waals surface area contributed by atoms with Gasteiger partial charge in [0.15, 0.2) is 5.13 Å². The Balaban J connectivity index is 1.94. The third-order valence-corrected chi connectivity index (χ3v) is 3.63. The lowest BCUT2D eigenvalue weighted by molar-refractivity contribution is -0.114. The molecule has 0 radical (unpaired) electrons. The first-order valence-corrected chi connectivity index (χ1v) is 7.00. The van der Waals surface area contributed by atoms with Crippen molar-refractivity contribution in [3.63, 3.8) is 0 Å². The van der Waals surface area contributed by atoms with Gasteiger partial charge in [-0.3, -0.25) is 9.78 Å². The zero-order chi connectivity index (χ0) is 13.2. The Bertz CT molecular complexity index is 592. The number of hydrogen-bond donors (Lipinski definition) is 2. The predicted molar refractivity (Wildman–Crippen MR) is 76.3 cm³/mol. The molecule has 1 aliphatic carbocycles. The third-order valence-electron chi connectivity index (χ3n) is 2.73. The smallest absolute Gasteiger partial charge is 0.221 e. The lowest BCUT2D eigenvalue weighted by Gasteiger charge is -2.00. The van der Waals surface area contributed by atoms with Gasteiger partial charge in [-0.25, -0.2) is 4.98 Å². The van der Waals surface area contributed by atoms with Crippen LogP contribution in [0.3, 0.4) is 0 Å². The number of pyridine rings is 1. The van der Waals surface area contributed by atoms with Crippen LogP contribution >= 0.6 is 11.3 Å². The van der Waals surface area contributed by atoms with E-state index in [2.05, 4.69) is 20.6 Å². The van der Waals surface area contributed by atoms with E-state index in [1.165, 1.54) is 31.1 Å². The Morgan fingerprint density at radius 1 is 1.42 bits per heavy atom. The Hall–Kier alpha value is -1.95. The molecule has 1 saturated carbocycles. The maximum Gasteiger partial charge on any atom is 0.221 e. The molecule has 0 aromatic carbocycles.